The van der Waals surface area contributed by atoms with Gasteiger partial charge in [-0.2, -0.15) is 0 Å². The van der Waals surface area contributed by atoms with Crippen LogP contribution in [0.1, 0.15) is 10.6 Å². The highest BCUT2D eigenvalue weighted by atomic mass is 32.1. The van der Waals surface area contributed by atoms with E-state index in [-0.39, 0.29) is 0 Å². The lowest BCUT2D eigenvalue weighted by molar-refractivity contribution is 0.0899. The highest BCUT2D eigenvalue weighted by Gasteiger charge is 2.43. The number of fused-ring (bicyclic) bond motifs is 1. The number of ether oxygens (including phenoxy) is 2. The van der Waals surface area contributed by atoms with E-state index in [1.165, 1.54) is 4.88 Å². The lowest BCUT2D eigenvalue weighted by Gasteiger charge is -2.19. The Bertz CT molecular complexity index is 629. The quantitative estimate of drug-likeness (QED) is 0.844. The van der Waals surface area contributed by atoms with Crippen molar-refractivity contribution in [2.24, 2.45) is 11.8 Å². The summed E-state index contributed by atoms with van der Waals surface area (Å²) in [5.41, 5.74) is 1.02. The van der Waals surface area contributed by atoms with Crippen LogP contribution >= 0.6 is 11.3 Å². The van der Waals surface area contributed by atoms with Gasteiger partial charge in [0.2, 0.25) is 0 Å². The fourth-order valence-corrected chi connectivity index (χ4v) is 4.29. The molecule has 2 aromatic heterocycles. The van der Waals surface area contributed by atoms with E-state index in [2.05, 4.69) is 27.4 Å². The topological polar surface area (TPSA) is 34.6 Å². The number of nitrogens with zero attached hydrogens (tertiary/aromatic N) is 2. The maximum absolute atomic E-state index is 6.01. The molecule has 0 unspecified atom stereocenters. The molecule has 2 aliphatic heterocycles. The van der Waals surface area contributed by atoms with E-state index in [0.717, 1.165) is 44.3 Å². The molecule has 0 aromatic carbocycles. The predicted molar refractivity (Wildman–Crippen MR) is 90.8 cm³/mol. The maximum atomic E-state index is 6.01. The van der Waals surface area contributed by atoms with Crippen LogP contribution in [0.25, 0.3) is 0 Å². The van der Waals surface area contributed by atoms with Gasteiger partial charge in [-0.1, -0.05) is 6.07 Å². The summed E-state index contributed by atoms with van der Waals surface area (Å²) in [6, 6.07) is 8.32. The third-order valence-electron chi connectivity index (χ3n) is 4.82. The van der Waals surface area contributed by atoms with Crippen molar-refractivity contribution < 1.29 is 9.47 Å². The van der Waals surface area contributed by atoms with E-state index >= 15 is 0 Å². The van der Waals surface area contributed by atoms with Crippen LogP contribution in [0.15, 0.2) is 35.8 Å². The SMILES string of the molecule is Cc1ccc(OC[C@H]2CO[C@@H]3CN(Cc4cccs4)C[C@@H]23)cn1. The van der Waals surface area contributed by atoms with Crippen molar-refractivity contribution in [3.63, 3.8) is 0 Å². The highest BCUT2D eigenvalue weighted by Crippen LogP contribution is 2.35. The minimum atomic E-state index is 0.375. The molecule has 4 heterocycles. The molecular formula is C18H22N2O2S. The lowest BCUT2D eigenvalue weighted by atomic mass is 9.94. The van der Waals surface area contributed by atoms with Crippen LogP contribution in [0, 0.1) is 18.8 Å². The fourth-order valence-electron chi connectivity index (χ4n) is 3.55. The second-order valence-electron chi connectivity index (χ2n) is 6.52. The van der Waals surface area contributed by atoms with Gasteiger partial charge in [0.25, 0.3) is 0 Å². The van der Waals surface area contributed by atoms with Gasteiger partial charge in [0.05, 0.1) is 25.5 Å². The van der Waals surface area contributed by atoms with Gasteiger partial charge in [0.1, 0.15) is 5.75 Å². The lowest BCUT2D eigenvalue weighted by Crippen LogP contribution is -2.26. The average molecular weight is 330 g/mol. The Kier molecular flexibility index (Phi) is 4.33. The molecule has 3 atom stereocenters. The number of hydrogen-bond acceptors (Lipinski definition) is 5. The number of pyridine rings is 1. The van der Waals surface area contributed by atoms with Gasteiger partial charge in [0.15, 0.2) is 0 Å². The molecule has 122 valence electrons. The van der Waals surface area contributed by atoms with Crippen LogP contribution in [0.3, 0.4) is 0 Å². The number of thiophene rings is 1. The van der Waals surface area contributed by atoms with Crippen LogP contribution in [-0.2, 0) is 11.3 Å². The predicted octanol–water partition coefficient (Wildman–Crippen LogP) is 2.98. The summed E-state index contributed by atoms with van der Waals surface area (Å²) in [7, 11) is 0. The smallest absolute Gasteiger partial charge is 0.137 e. The number of hydrogen-bond donors (Lipinski definition) is 0. The summed E-state index contributed by atoms with van der Waals surface area (Å²) < 4.78 is 11.9. The van der Waals surface area contributed by atoms with Crippen LogP contribution in [0.2, 0.25) is 0 Å². The Morgan fingerprint density at radius 3 is 3.09 bits per heavy atom. The summed E-state index contributed by atoms with van der Waals surface area (Å²) in [6.45, 7) is 6.73. The van der Waals surface area contributed by atoms with Crippen LogP contribution in [0.5, 0.6) is 5.75 Å². The summed E-state index contributed by atoms with van der Waals surface area (Å²) in [6.07, 6.45) is 2.18. The molecule has 23 heavy (non-hydrogen) atoms. The van der Waals surface area contributed by atoms with Crippen molar-refractivity contribution in [3.8, 4) is 5.75 Å². The minimum absolute atomic E-state index is 0.375. The number of likely N-dealkylation sites (tertiary alicyclic amines) is 1. The van der Waals surface area contributed by atoms with Gasteiger partial charge in [-0.3, -0.25) is 9.88 Å². The van der Waals surface area contributed by atoms with E-state index in [0.29, 0.717) is 17.9 Å². The molecule has 0 spiro atoms. The molecule has 0 N–H and O–H groups in total. The Labute approximate surface area is 141 Å². The Morgan fingerprint density at radius 2 is 2.30 bits per heavy atom. The van der Waals surface area contributed by atoms with Gasteiger partial charge in [-0.25, -0.2) is 0 Å². The molecule has 0 radical (unpaired) electrons. The second-order valence-corrected chi connectivity index (χ2v) is 7.55. The van der Waals surface area contributed by atoms with E-state index in [9.17, 15) is 0 Å². The zero-order valence-corrected chi connectivity index (χ0v) is 14.2. The largest absolute Gasteiger partial charge is 0.492 e. The molecule has 0 aliphatic carbocycles. The summed E-state index contributed by atoms with van der Waals surface area (Å²) in [5.74, 6) is 1.93. The first-order valence-corrected chi connectivity index (χ1v) is 9.08. The van der Waals surface area contributed by atoms with Gasteiger partial charge in [0, 0.05) is 42.0 Å². The maximum Gasteiger partial charge on any atom is 0.137 e. The summed E-state index contributed by atoms with van der Waals surface area (Å²) in [5, 5.41) is 2.15. The van der Waals surface area contributed by atoms with Gasteiger partial charge in [-0.05, 0) is 30.5 Å². The van der Waals surface area contributed by atoms with Crippen LogP contribution in [0.4, 0.5) is 0 Å². The average Bonchev–Trinajstić information content (AvgIpc) is 3.25. The number of aromatic nitrogens is 1. The van der Waals surface area contributed by atoms with Crippen molar-refractivity contribution in [1.82, 2.24) is 9.88 Å². The van der Waals surface area contributed by atoms with Crippen molar-refractivity contribution in [2.75, 3.05) is 26.3 Å². The van der Waals surface area contributed by atoms with Crippen molar-refractivity contribution in [1.29, 1.82) is 0 Å². The number of aryl methyl sites for hydroxylation is 1. The minimum Gasteiger partial charge on any atom is -0.492 e. The molecule has 2 saturated heterocycles. The van der Waals surface area contributed by atoms with Crippen molar-refractivity contribution in [3.05, 3.63) is 46.4 Å². The molecule has 4 nitrogen and oxygen atoms in total. The number of rotatable bonds is 5. The van der Waals surface area contributed by atoms with E-state index in [4.69, 9.17) is 9.47 Å². The summed E-state index contributed by atoms with van der Waals surface area (Å²) in [4.78, 5) is 8.23. The molecular weight excluding hydrogens is 308 g/mol. The van der Waals surface area contributed by atoms with Gasteiger partial charge < -0.3 is 9.47 Å². The molecule has 4 rings (SSSR count). The van der Waals surface area contributed by atoms with E-state index < -0.39 is 0 Å². The second kappa shape index (κ2) is 6.59. The normalized spacial score (nSPS) is 27.3. The van der Waals surface area contributed by atoms with Crippen LogP contribution < -0.4 is 4.74 Å². The standard InChI is InChI=1S/C18H22N2O2S/c1-13-4-5-15(7-19-13)21-11-14-12-22-18-10-20(9-17(14)18)8-16-3-2-6-23-16/h2-7,14,17-18H,8-12H2,1H3/t14-,17-,18+/m0/s1. The highest BCUT2D eigenvalue weighted by molar-refractivity contribution is 7.09. The van der Waals surface area contributed by atoms with Crippen molar-refractivity contribution >= 4 is 11.3 Å². The van der Waals surface area contributed by atoms with E-state index in [1.54, 1.807) is 6.20 Å². The first-order valence-electron chi connectivity index (χ1n) is 8.20. The fraction of sp³-hybridized carbons (Fsp3) is 0.500. The van der Waals surface area contributed by atoms with E-state index in [1.807, 2.05) is 30.4 Å². The molecule has 2 aromatic rings. The zero-order chi connectivity index (χ0) is 15.6. The van der Waals surface area contributed by atoms with Crippen LogP contribution in [-0.4, -0.2) is 42.3 Å². The molecule has 5 heteroatoms. The molecule has 2 aliphatic rings. The molecule has 0 saturated carbocycles. The Morgan fingerprint density at radius 1 is 1.35 bits per heavy atom. The molecule has 2 fully saturated rings. The molecule has 0 bridgehead atoms. The summed E-state index contributed by atoms with van der Waals surface area (Å²) >= 11 is 1.83. The Hall–Kier alpha value is -1.43. The molecule has 0 amide bonds. The zero-order valence-electron chi connectivity index (χ0n) is 13.4. The van der Waals surface area contributed by atoms with Crippen molar-refractivity contribution in [2.45, 2.75) is 19.6 Å². The first-order chi connectivity index (χ1) is 11.3. The Balaban J connectivity index is 1.32. The first kappa shape index (κ1) is 15.1. The monoisotopic (exact) mass is 330 g/mol. The third-order valence-corrected chi connectivity index (χ3v) is 5.68. The third kappa shape index (κ3) is 3.42. The van der Waals surface area contributed by atoms with Gasteiger partial charge >= 0.3 is 0 Å². The van der Waals surface area contributed by atoms with Gasteiger partial charge in [-0.15, -0.1) is 11.3 Å².